The Labute approximate surface area is 208 Å². The quantitative estimate of drug-likeness (QED) is 0.342. The van der Waals surface area contributed by atoms with E-state index in [2.05, 4.69) is 5.32 Å². The summed E-state index contributed by atoms with van der Waals surface area (Å²) in [6.45, 7) is 1.99. The average Bonchev–Trinajstić information content (AvgIpc) is 3.11. The van der Waals surface area contributed by atoms with Crippen molar-refractivity contribution in [2.45, 2.75) is 19.8 Å². The van der Waals surface area contributed by atoms with Gasteiger partial charge in [-0.05, 0) is 92.6 Å². The Balaban J connectivity index is 1.23. The molecule has 0 aromatic heterocycles. The van der Waals surface area contributed by atoms with Gasteiger partial charge in [-0.25, -0.2) is 0 Å². The van der Waals surface area contributed by atoms with Crippen LogP contribution < -0.4 is 15.0 Å². The minimum atomic E-state index is -0.296. The van der Waals surface area contributed by atoms with Gasteiger partial charge in [-0.2, -0.15) is 0 Å². The van der Waals surface area contributed by atoms with Crippen LogP contribution in [-0.2, 0) is 9.59 Å². The SMILES string of the molecule is CC1=CC[C@H]2C(=O)N(c3ccc(C(=O)Nc4ccc(Oc5ccc(Cl)cc5)cc4)cc3)C(=O)[C@H]2C1. The van der Waals surface area contributed by atoms with Crippen LogP contribution in [-0.4, -0.2) is 17.7 Å². The second-order valence-corrected chi connectivity index (χ2v) is 9.23. The topological polar surface area (TPSA) is 75.7 Å². The number of hydrogen-bond donors (Lipinski definition) is 1. The number of nitrogens with zero attached hydrogens (tertiary/aromatic N) is 1. The van der Waals surface area contributed by atoms with Gasteiger partial charge in [0.15, 0.2) is 0 Å². The molecular formula is C28H23ClN2O4. The van der Waals surface area contributed by atoms with Gasteiger partial charge in [-0.1, -0.05) is 23.3 Å². The minimum absolute atomic E-state index is 0.162. The highest BCUT2D eigenvalue weighted by Gasteiger charge is 2.48. The van der Waals surface area contributed by atoms with Crippen LogP contribution in [0.3, 0.4) is 0 Å². The van der Waals surface area contributed by atoms with Crippen LogP contribution in [0.25, 0.3) is 0 Å². The Morgan fingerprint density at radius 1 is 0.886 bits per heavy atom. The number of allylic oxidation sites excluding steroid dienone is 2. The zero-order valence-electron chi connectivity index (χ0n) is 19.0. The van der Waals surface area contributed by atoms with Crippen molar-refractivity contribution >= 4 is 40.7 Å². The molecule has 3 amide bonds. The molecule has 35 heavy (non-hydrogen) atoms. The molecule has 0 bridgehead atoms. The lowest BCUT2D eigenvalue weighted by atomic mass is 9.82. The molecule has 1 fully saturated rings. The highest BCUT2D eigenvalue weighted by molar-refractivity contribution is 6.30. The Morgan fingerprint density at radius 2 is 1.49 bits per heavy atom. The van der Waals surface area contributed by atoms with E-state index < -0.39 is 0 Å². The molecule has 6 nitrogen and oxygen atoms in total. The number of amides is 3. The van der Waals surface area contributed by atoms with Crippen LogP contribution in [0.2, 0.25) is 5.02 Å². The van der Waals surface area contributed by atoms with E-state index in [-0.39, 0.29) is 29.6 Å². The van der Waals surface area contributed by atoms with E-state index in [9.17, 15) is 14.4 Å². The van der Waals surface area contributed by atoms with Gasteiger partial charge in [0.2, 0.25) is 11.8 Å². The van der Waals surface area contributed by atoms with Crippen molar-refractivity contribution in [2.24, 2.45) is 11.8 Å². The number of rotatable bonds is 5. The average molecular weight is 487 g/mol. The highest BCUT2D eigenvalue weighted by Crippen LogP contribution is 2.39. The van der Waals surface area contributed by atoms with Gasteiger partial charge in [0.1, 0.15) is 11.5 Å². The standard InChI is InChI=1S/C28H23ClN2O4/c1-17-2-15-24-25(16-17)28(34)31(27(24)33)21-9-3-18(4-10-21)26(32)30-20-7-13-23(14-8-20)35-22-11-5-19(29)6-12-22/h2-14,24-25H,15-16H2,1H3,(H,30,32)/t24-,25+/m1/s1. The summed E-state index contributed by atoms with van der Waals surface area (Å²) in [5.74, 6) is 0.0818. The first-order valence-corrected chi connectivity index (χ1v) is 11.8. The molecule has 0 spiro atoms. The van der Waals surface area contributed by atoms with Crippen molar-refractivity contribution in [2.75, 3.05) is 10.2 Å². The molecule has 2 aliphatic rings. The summed E-state index contributed by atoms with van der Waals surface area (Å²) < 4.78 is 5.76. The third-order valence-electron chi connectivity index (χ3n) is 6.37. The lowest BCUT2D eigenvalue weighted by Crippen LogP contribution is -2.30. The van der Waals surface area contributed by atoms with E-state index >= 15 is 0 Å². The van der Waals surface area contributed by atoms with Crippen molar-refractivity contribution in [1.29, 1.82) is 0 Å². The number of carbonyl (C=O) groups excluding carboxylic acids is 3. The minimum Gasteiger partial charge on any atom is -0.457 e. The maximum atomic E-state index is 12.9. The predicted octanol–water partition coefficient (Wildman–Crippen LogP) is 6.23. The summed E-state index contributed by atoms with van der Waals surface area (Å²) in [4.78, 5) is 39.7. The van der Waals surface area contributed by atoms with Gasteiger partial charge in [0, 0.05) is 16.3 Å². The number of nitrogens with one attached hydrogen (secondary N) is 1. The number of hydrogen-bond acceptors (Lipinski definition) is 4. The first kappa shape index (κ1) is 22.9. The molecule has 1 N–H and O–H groups in total. The molecule has 1 aliphatic heterocycles. The summed E-state index contributed by atoms with van der Waals surface area (Å²) in [5, 5.41) is 3.47. The summed E-state index contributed by atoms with van der Waals surface area (Å²) in [6, 6.07) is 20.6. The summed E-state index contributed by atoms with van der Waals surface area (Å²) in [5.41, 5.74) is 2.67. The Bertz CT molecular complexity index is 1310. The van der Waals surface area contributed by atoms with Gasteiger partial charge in [-0.15, -0.1) is 0 Å². The van der Waals surface area contributed by atoms with E-state index in [4.69, 9.17) is 16.3 Å². The van der Waals surface area contributed by atoms with E-state index in [1.54, 1.807) is 72.8 Å². The summed E-state index contributed by atoms with van der Waals surface area (Å²) in [6.07, 6.45) is 3.26. The fourth-order valence-electron chi connectivity index (χ4n) is 4.50. The van der Waals surface area contributed by atoms with Gasteiger partial charge >= 0.3 is 0 Å². The molecule has 0 radical (unpaired) electrons. The Kier molecular flexibility index (Phi) is 6.14. The third kappa shape index (κ3) is 4.70. The largest absolute Gasteiger partial charge is 0.457 e. The maximum absolute atomic E-state index is 12.9. The smallest absolute Gasteiger partial charge is 0.255 e. The fourth-order valence-corrected chi connectivity index (χ4v) is 4.63. The van der Waals surface area contributed by atoms with Crippen molar-refractivity contribution in [3.05, 3.63) is 95.0 Å². The van der Waals surface area contributed by atoms with E-state index in [0.29, 0.717) is 46.3 Å². The van der Waals surface area contributed by atoms with Crippen LogP contribution >= 0.6 is 11.6 Å². The molecular weight excluding hydrogens is 464 g/mol. The van der Waals surface area contributed by atoms with E-state index in [0.717, 1.165) is 5.57 Å². The number of halogens is 1. The number of imide groups is 1. The van der Waals surface area contributed by atoms with Gasteiger partial charge in [-0.3, -0.25) is 19.3 Å². The van der Waals surface area contributed by atoms with Crippen molar-refractivity contribution in [3.63, 3.8) is 0 Å². The van der Waals surface area contributed by atoms with Crippen LogP contribution in [0.4, 0.5) is 11.4 Å². The number of benzene rings is 3. The van der Waals surface area contributed by atoms with Crippen LogP contribution in [0.15, 0.2) is 84.4 Å². The fraction of sp³-hybridized carbons (Fsp3) is 0.179. The molecule has 5 rings (SSSR count). The van der Waals surface area contributed by atoms with Crippen LogP contribution in [0.1, 0.15) is 30.1 Å². The molecule has 3 aromatic carbocycles. The molecule has 7 heteroatoms. The van der Waals surface area contributed by atoms with Gasteiger partial charge in [0.25, 0.3) is 5.91 Å². The van der Waals surface area contributed by atoms with Crippen molar-refractivity contribution in [1.82, 2.24) is 0 Å². The molecule has 1 aliphatic carbocycles. The maximum Gasteiger partial charge on any atom is 0.255 e. The van der Waals surface area contributed by atoms with E-state index in [1.807, 2.05) is 13.0 Å². The molecule has 1 heterocycles. The van der Waals surface area contributed by atoms with Gasteiger partial charge < -0.3 is 10.1 Å². The lowest BCUT2D eigenvalue weighted by molar-refractivity contribution is -0.122. The summed E-state index contributed by atoms with van der Waals surface area (Å²) >= 11 is 5.89. The molecule has 176 valence electrons. The Morgan fingerprint density at radius 3 is 2.14 bits per heavy atom. The summed E-state index contributed by atoms with van der Waals surface area (Å²) in [7, 11) is 0. The second-order valence-electron chi connectivity index (χ2n) is 8.80. The third-order valence-corrected chi connectivity index (χ3v) is 6.62. The van der Waals surface area contributed by atoms with Gasteiger partial charge in [0.05, 0.1) is 17.5 Å². The number of ether oxygens (including phenoxy) is 1. The highest BCUT2D eigenvalue weighted by atomic mass is 35.5. The number of carbonyl (C=O) groups is 3. The number of fused-ring (bicyclic) bond motifs is 1. The van der Waals surface area contributed by atoms with E-state index in [1.165, 1.54) is 4.90 Å². The molecule has 2 atom stereocenters. The lowest BCUT2D eigenvalue weighted by Gasteiger charge is -2.18. The second kappa shape index (κ2) is 9.39. The first-order chi connectivity index (χ1) is 16.9. The number of anilines is 2. The van der Waals surface area contributed by atoms with Crippen molar-refractivity contribution < 1.29 is 19.1 Å². The van der Waals surface area contributed by atoms with Crippen LogP contribution in [0.5, 0.6) is 11.5 Å². The predicted molar refractivity (Wildman–Crippen MR) is 135 cm³/mol. The molecule has 0 unspecified atom stereocenters. The molecule has 3 aromatic rings. The Hall–Kier alpha value is -3.90. The zero-order valence-corrected chi connectivity index (χ0v) is 19.8. The van der Waals surface area contributed by atoms with Crippen molar-refractivity contribution in [3.8, 4) is 11.5 Å². The van der Waals surface area contributed by atoms with Crippen LogP contribution in [0, 0.1) is 11.8 Å². The molecule has 1 saturated heterocycles. The first-order valence-electron chi connectivity index (χ1n) is 11.4. The molecule has 0 saturated carbocycles. The monoisotopic (exact) mass is 486 g/mol. The zero-order chi connectivity index (χ0) is 24.5. The normalized spacial score (nSPS) is 19.3.